The summed E-state index contributed by atoms with van der Waals surface area (Å²) < 4.78 is 13.1. The molecule has 0 unspecified atom stereocenters. The molecule has 0 spiro atoms. The second-order valence-corrected chi connectivity index (χ2v) is 10.2. The first kappa shape index (κ1) is 27.7. The predicted molar refractivity (Wildman–Crippen MR) is 171 cm³/mol. The van der Waals surface area contributed by atoms with Crippen molar-refractivity contribution < 1.29 is 14.3 Å². The van der Waals surface area contributed by atoms with Crippen LogP contribution in [0.3, 0.4) is 0 Å². The molecule has 0 N–H and O–H groups in total. The summed E-state index contributed by atoms with van der Waals surface area (Å²) in [5.74, 6) is 1.37. The van der Waals surface area contributed by atoms with Gasteiger partial charge in [-0.2, -0.15) is 15.2 Å². The number of benzene rings is 4. The van der Waals surface area contributed by atoms with Crippen LogP contribution in [0.2, 0.25) is 0 Å². The van der Waals surface area contributed by atoms with Crippen LogP contribution >= 0.6 is 0 Å². The number of carbonyl (C=O) groups is 1. The number of aryl methyl sites for hydroxylation is 1. The molecule has 1 aromatic heterocycles. The second kappa shape index (κ2) is 12.2. The Morgan fingerprint density at radius 1 is 0.837 bits per heavy atom. The number of carbonyl (C=O) groups excluding carboxylic acids is 1. The molecule has 0 fully saturated rings. The molecule has 1 aliphatic rings. The fraction of sp³-hybridized carbons (Fsp3) is 0.139. The average molecular weight is 569 g/mol. The van der Waals surface area contributed by atoms with Crippen molar-refractivity contribution in [1.82, 2.24) is 9.78 Å². The molecule has 0 atom stereocenters. The fourth-order valence-corrected chi connectivity index (χ4v) is 5.01. The zero-order valence-electron chi connectivity index (χ0n) is 24.4. The lowest BCUT2D eigenvalue weighted by atomic mass is 9.98. The van der Waals surface area contributed by atoms with Crippen LogP contribution in [0, 0.1) is 6.92 Å². The van der Waals surface area contributed by atoms with E-state index in [9.17, 15) is 4.79 Å². The molecule has 214 valence electrons. The highest BCUT2D eigenvalue weighted by atomic mass is 16.5. The summed E-state index contributed by atoms with van der Waals surface area (Å²) in [6.45, 7) is 4.79. The quantitative estimate of drug-likeness (QED) is 0.173. The van der Waals surface area contributed by atoms with Crippen molar-refractivity contribution in [2.45, 2.75) is 20.3 Å². The van der Waals surface area contributed by atoms with Crippen LogP contribution < -0.4 is 14.5 Å². The molecule has 0 saturated heterocycles. The van der Waals surface area contributed by atoms with Crippen LogP contribution in [-0.2, 0) is 4.79 Å². The van der Waals surface area contributed by atoms with Gasteiger partial charge in [0.15, 0.2) is 0 Å². The van der Waals surface area contributed by atoms with Crippen molar-refractivity contribution in [1.29, 1.82) is 0 Å². The van der Waals surface area contributed by atoms with Crippen LogP contribution in [0.15, 0.2) is 120 Å². The maximum Gasteiger partial charge on any atom is 0.281 e. The summed E-state index contributed by atoms with van der Waals surface area (Å²) in [5.41, 5.74) is 6.97. The Kier molecular flexibility index (Phi) is 7.87. The average Bonchev–Trinajstić information content (AvgIpc) is 3.62. The highest BCUT2D eigenvalue weighted by Gasteiger charge is 2.32. The molecular weight excluding hydrogens is 536 g/mol. The first-order chi connectivity index (χ1) is 21.1. The van der Waals surface area contributed by atoms with Crippen LogP contribution in [0.25, 0.3) is 23.0 Å². The Labute approximate surface area is 251 Å². The molecule has 0 radical (unpaired) electrons. The van der Waals surface area contributed by atoms with E-state index in [0.29, 0.717) is 23.6 Å². The number of methoxy groups -OCH3 is 1. The van der Waals surface area contributed by atoms with E-state index in [0.717, 1.165) is 51.6 Å². The summed E-state index contributed by atoms with van der Waals surface area (Å²) in [4.78, 5) is 14.0. The van der Waals surface area contributed by atoms with E-state index < -0.39 is 0 Å². The highest BCUT2D eigenvalue weighted by Crippen LogP contribution is 2.33. The number of amides is 1. The summed E-state index contributed by atoms with van der Waals surface area (Å²) in [6.07, 6.45) is 4.79. The van der Waals surface area contributed by atoms with E-state index in [4.69, 9.17) is 19.7 Å². The number of anilines is 1. The Hall–Kier alpha value is -5.43. The van der Waals surface area contributed by atoms with E-state index in [2.05, 4.69) is 13.0 Å². The topological polar surface area (TPSA) is 69.0 Å². The van der Waals surface area contributed by atoms with Crippen molar-refractivity contribution >= 4 is 23.4 Å². The van der Waals surface area contributed by atoms with Gasteiger partial charge in [0, 0.05) is 22.9 Å². The van der Waals surface area contributed by atoms with Crippen LogP contribution in [-0.4, -0.2) is 35.1 Å². The fourth-order valence-electron chi connectivity index (χ4n) is 5.01. The molecular formula is C36H32N4O3. The molecule has 0 saturated carbocycles. The maximum absolute atomic E-state index is 14.0. The van der Waals surface area contributed by atoms with Crippen molar-refractivity contribution in [3.8, 4) is 28.4 Å². The minimum absolute atomic E-state index is 0.213. The molecule has 6 rings (SSSR count). The number of nitrogens with zero attached hydrogens (tertiary/aromatic N) is 4. The Bertz CT molecular complexity index is 1810. The van der Waals surface area contributed by atoms with Gasteiger partial charge in [0.2, 0.25) is 0 Å². The first-order valence-corrected chi connectivity index (χ1v) is 14.3. The lowest BCUT2D eigenvalue weighted by molar-refractivity contribution is -0.114. The van der Waals surface area contributed by atoms with E-state index in [1.54, 1.807) is 7.11 Å². The van der Waals surface area contributed by atoms with Crippen molar-refractivity contribution in [3.05, 3.63) is 132 Å². The molecule has 1 amide bonds. The lowest BCUT2D eigenvalue weighted by Gasteiger charge is -2.11. The van der Waals surface area contributed by atoms with Gasteiger partial charge in [-0.05, 0) is 91.7 Å². The van der Waals surface area contributed by atoms with Crippen LogP contribution in [0.1, 0.15) is 30.0 Å². The number of aromatic nitrogens is 2. The normalized spacial score (nSPS) is 13.8. The smallest absolute Gasteiger partial charge is 0.281 e. The predicted octanol–water partition coefficient (Wildman–Crippen LogP) is 7.48. The standard InChI is InChI=1S/C36H32N4O3/c1-4-21-43-33-20-17-27(22-25(33)2)34-28(24-39(37-34)29-11-7-5-8-12-29)23-32-35(26-15-18-31(42-3)19-16-26)38-40(36(32)41)30-13-9-6-10-14-30/h5-20,22-24H,4,21H2,1-3H3/b32-23-. The summed E-state index contributed by atoms with van der Waals surface area (Å²) in [6, 6.07) is 33.0. The van der Waals surface area contributed by atoms with Crippen molar-refractivity contribution in [2.75, 3.05) is 18.7 Å². The molecule has 1 aliphatic heterocycles. The number of ether oxygens (including phenoxy) is 2. The van der Waals surface area contributed by atoms with Gasteiger partial charge in [0.25, 0.3) is 5.91 Å². The third kappa shape index (κ3) is 5.70. The van der Waals surface area contributed by atoms with E-state index in [1.807, 2.05) is 121 Å². The largest absolute Gasteiger partial charge is 0.497 e. The van der Waals surface area contributed by atoms with E-state index in [1.165, 1.54) is 5.01 Å². The Morgan fingerprint density at radius 2 is 1.51 bits per heavy atom. The van der Waals surface area contributed by atoms with Crippen LogP contribution in [0.5, 0.6) is 11.5 Å². The Balaban J connectivity index is 1.49. The maximum atomic E-state index is 14.0. The third-order valence-corrected chi connectivity index (χ3v) is 7.22. The van der Waals surface area contributed by atoms with Gasteiger partial charge in [-0.1, -0.05) is 43.3 Å². The lowest BCUT2D eigenvalue weighted by Crippen LogP contribution is -2.21. The number of hydrazone groups is 1. The van der Waals surface area contributed by atoms with Gasteiger partial charge in [-0.15, -0.1) is 0 Å². The highest BCUT2D eigenvalue weighted by molar-refractivity contribution is 6.37. The summed E-state index contributed by atoms with van der Waals surface area (Å²) >= 11 is 0. The minimum Gasteiger partial charge on any atom is -0.497 e. The molecule has 7 nitrogen and oxygen atoms in total. The van der Waals surface area contributed by atoms with E-state index >= 15 is 0 Å². The third-order valence-electron chi connectivity index (χ3n) is 7.22. The van der Waals surface area contributed by atoms with Crippen molar-refractivity contribution in [2.24, 2.45) is 5.10 Å². The summed E-state index contributed by atoms with van der Waals surface area (Å²) in [5, 5.41) is 11.3. The van der Waals surface area contributed by atoms with Crippen molar-refractivity contribution in [3.63, 3.8) is 0 Å². The zero-order chi connectivity index (χ0) is 29.8. The molecule has 0 bridgehead atoms. The summed E-state index contributed by atoms with van der Waals surface area (Å²) in [7, 11) is 1.63. The SMILES string of the molecule is CCCOc1ccc(-c2nn(-c3ccccc3)cc2/C=C2\C(=O)N(c3ccccc3)N=C2c2ccc(OC)cc2)cc1C. The van der Waals surface area contributed by atoms with Crippen LogP contribution in [0.4, 0.5) is 5.69 Å². The number of hydrogen-bond donors (Lipinski definition) is 0. The van der Waals surface area contributed by atoms with E-state index in [-0.39, 0.29) is 5.91 Å². The molecule has 4 aromatic carbocycles. The van der Waals surface area contributed by atoms with Gasteiger partial charge < -0.3 is 9.47 Å². The minimum atomic E-state index is -0.213. The first-order valence-electron chi connectivity index (χ1n) is 14.3. The Morgan fingerprint density at radius 3 is 2.16 bits per heavy atom. The number of hydrogen-bond acceptors (Lipinski definition) is 5. The zero-order valence-corrected chi connectivity index (χ0v) is 24.4. The molecule has 0 aliphatic carbocycles. The van der Waals surface area contributed by atoms with Gasteiger partial charge in [0.05, 0.1) is 36.4 Å². The molecule has 43 heavy (non-hydrogen) atoms. The number of rotatable bonds is 9. The van der Waals surface area contributed by atoms with Gasteiger partial charge >= 0.3 is 0 Å². The van der Waals surface area contributed by atoms with Gasteiger partial charge in [-0.25, -0.2) is 4.68 Å². The molecule has 5 aromatic rings. The molecule has 7 heteroatoms. The molecule has 2 heterocycles. The van der Waals surface area contributed by atoms with Gasteiger partial charge in [-0.3, -0.25) is 4.79 Å². The monoisotopic (exact) mass is 568 g/mol. The number of para-hydroxylation sites is 2. The van der Waals surface area contributed by atoms with Gasteiger partial charge in [0.1, 0.15) is 17.2 Å². The second-order valence-electron chi connectivity index (χ2n) is 10.2.